The molecular formula is C20H21F3N2O3. The normalized spacial score (nSPS) is 11.6. The van der Waals surface area contributed by atoms with Gasteiger partial charge in [-0.15, -0.1) is 13.2 Å². The number of ether oxygens (including phenoxy) is 1. The van der Waals surface area contributed by atoms with Crippen molar-refractivity contribution >= 4 is 17.5 Å². The molecule has 0 aliphatic rings. The maximum absolute atomic E-state index is 12.1. The summed E-state index contributed by atoms with van der Waals surface area (Å²) in [5.41, 5.74) is 1.76. The number of hydrogen-bond acceptors (Lipinski definition) is 3. The van der Waals surface area contributed by atoms with Crippen molar-refractivity contribution in [2.24, 2.45) is 0 Å². The Bertz CT molecular complexity index is 824. The molecule has 0 aromatic heterocycles. The predicted octanol–water partition coefficient (Wildman–Crippen LogP) is 4.25. The first kappa shape index (κ1) is 21.3. The molecule has 0 aliphatic heterocycles. The van der Waals surface area contributed by atoms with Gasteiger partial charge in [-0.2, -0.15) is 0 Å². The number of amides is 2. The SMILES string of the molecule is CC(C)(C)c1ccc(C(=O)NCC(=O)Nc2ccc(OC(F)(F)F)cc2)cc1. The van der Waals surface area contributed by atoms with Crippen molar-refractivity contribution in [3.8, 4) is 5.75 Å². The van der Waals surface area contributed by atoms with Gasteiger partial charge in [-0.25, -0.2) is 0 Å². The molecule has 0 atom stereocenters. The van der Waals surface area contributed by atoms with E-state index in [1.165, 1.54) is 12.1 Å². The highest BCUT2D eigenvalue weighted by Crippen LogP contribution is 2.24. The second-order valence-electron chi connectivity index (χ2n) is 7.13. The van der Waals surface area contributed by atoms with E-state index in [4.69, 9.17) is 0 Å². The van der Waals surface area contributed by atoms with Crippen LogP contribution in [0.15, 0.2) is 48.5 Å². The Morgan fingerprint density at radius 3 is 2.00 bits per heavy atom. The van der Waals surface area contributed by atoms with Crippen LogP contribution < -0.4 is 15.4 Å². The molecular weight excluding hydrogens is 373 g/mol. The molecule has 0 fully saturated rings. The molecule has 0 aliphatic carbocycles. The van der Waals surface area contributed by atoms with Crippen LogP contribution in [0.5, 0.6) is 5.75 Å². The van der Waals surface area contributed by atoms with E-state index in [0.717, 1.165) is 17.7 Å². The molecule has 0 saturated carbocycles. The van der Waals surface area contributed by atoms with Crippen LogP contribution in [0.3, 0.4) is 0 Å². The molecule has 28 heavy (non-hydrogen) atoms. The van der Waals surface area contributed by atoms with Gasteiger partial charge >= 0.3 is 6.36 Å². The zero-order valence-electron chi connectivity index (χ0n) is 15.7. The topological polar surface area (TPSA) is 67.4 Å². The van der Waals surface area contributed by atoms with Crippen LogP contribution in [0.2, 0.25) is 0 Å². The molecule has 8 heteroatoms. The lowest BCUT2D eigenvalue weighted by molar-refractivity contribution is -0.274. The molecule has 0 radical (unpaired) electrons. The largest absolute Gasteiger partial charge is 0.573 e. The van der Waals surface area contributed by atoms with Gasteiger partial charge in [0.25, 0.3) is 5.91 Å². The number of nitrogens with one attached hydrogen (secondary N) is 2. The summed E-state index contributed by atoms with van der Waals surface area (Å²) in [4.78, 5) is 24.0. The van der Waals surface area contributed by atoms with Crippen LogP contribution in [0, 0.1) is 0 Å². The second-order valence-corrected chi connectivity index (χ2v) is 7.13. The lowest BCUT2D eigenvalue weighted by Gasteiger charge is -2.19. The third kappa shape index (κ3) is 6.61. The summed E-state index contributed by atoms with van der Waals surface area (Å²) in [5.74, 6) is -1.30. The van der Waals surface area contributed by atoms with Crippen molar-refractivity contribution in [3.63, 3.8) is 0 Å². The molecule has 5 nitrogen and oxygen atoms in total. The lowest BCUT2D eigenvalue weighted by atomic mass is 9.87. The molecule has 2 amide bonds. The Kier molecular flexibility index (Phi) is 6.33. The summed E-state index contributed by atoms with van der Waals surface area (Å²) in [6, 6.07) is 11.8. The molecule has 0 heterocycles. The first-order chi connectivity index (χ1) is 12.9. The molecule has 0 bridgehead atoms. The van der Waals surface area contributed by atoms with Gasteiger partial charge in [0.05, 0.1) is 6.54 Å². The summed E-state index contributed by atoms with van der Waals surface area (Å²) in [6.07, 6.45) is -4.78. The number of carbonyl (C=O) groups excluding carboxylic acids is 2. The highest BCUT2D eigenvalue weighted by Gasteiger charge is 2.30. The van der Waals surface area contributed by atoms with Gasteiger partial charge in [-0.3, -0.25) is 9.59 Å². The number of anilines is 1. The van der Waals surface area contributed by atoms with Crippen molar-refractivity contribution in [2.45, 2.75) is 32.5 Å². The van der Waals surface area contributed by atoms with Gasteiger partial charge in [-0.1, -0.05) is 32.9 Å². The monoisotopic (exact) mass is 394 g/mol. The van der Waals surface area contributed by atoms with Crippen LogP contribution in [-0.2, 0) is 10.2 Å². The third-order valence-corrected chi connectivity index (χ3v) is 3.79. The first-order valence-corrected chi connectivity index (χ1v) is 8.48. The lowest BCUT2D eigenvalue weighted by Crippen LogP contribution is -2.32. The van der Waals surface area contributed by atoms with Gasteiger partial charge in [0, 0.05) is 11.3 Å². The number of carbonyl (C=O) groups is 2. The molecule has 0 saturated heterocycles. The van der Waals surface area contributed by atoms with Crippen LogP contribution in [0.4, 0.5) is 18.9 Å². The predicted molar refractivity (Wildman–Crippen MR) is 99.2 cm³/mol. The van der Waals surface area contributed by atoms with E-state index in [1.54, 1.807) is 12.1 Å². The molecule has 2 N–H and O–H groups in total. The summed E-state index contributed by atoms with van der Waals surface area (Å²) in [7, 11) is 0. The van der Waals surface area contributed by atoms with Crippen molar-refractivity contribution in [1.29, 1.82) is 0 Å². The van der Waals surface area contributed by atoms with Crippen LogP contribution in [0.1, 0.15) is 36.7 Å². The minimum Gasteiger partial charge on any atom is -0.406 e. The van der Waals surface area contributed by atoms with E-state index in [-0.39, 0.29) is 17.6 Å². The van der Waals surface area contributed by atoms with Crippen molar-refractivity contribution in [2.75, 3.05) is 11.9 Å². The molecule has 2 rings (SSSR count). The van der Waals surface area contributed by atoms with Crippen LogP contribution in [-0.4, -0.2) is 24.7 Å². The van der Waals surface area contributed by atoms with Gasteiger partial charge in [0.1, 0.15) is 5.75 Å². The Hall–Kier alpha value is -3.03. The molecule has 2 aromatic carbocycles. The van der Waals surface area contributed by atoms with E-state index in [0.29, 0.717) is 5.56 Å². The van der Waals surface area contributed by atoms with Crippen molar-refractivity contribution < 1.29 is 27.5 Å². The summed E-state index contributed by atoms with van der Waals surface area (Å²) < 4.78 is 40.1. The molecule has 150 valence electrons. The van der Waals surface area contributed by atoms with E-state index >= 15 is 0 Å². The van der Waals surface area contributed by atoms with Crippen LogP contribution in [0.25, 0.3) is 0 Å². The minimum atomic E-state index is -4.78. The van der Waals surface area contributed by atoms with E-state index in [1.807, 2.05) is 12.1 Å². The maximum atomic E-state index is 12.1. The highest BCUT2D eigenvalue weighted by molar-refractivity contribution is 5.99. The Balaban J connectivity index is 1.85. The zero-order chi connectivity index (χ0) is 20.9. The number of hydrogen-bond donors (Lipinski definition) is 2. The van der Waals surface area contributed by atoms with Gasteiger partial charge in [-0.05, 0) is 47.4 Å². The standard InChI is InChI=1S/C20H21F3N2O3/c1-19(2,3)14-6-4-13(5-7-14)18(27)24-12-17(26)25-15-8-10-16(11-9-15)28-20(21,22)23/h4-11H,12H2,1-3H3,(H,24,27)(H,25,26). The summed E-state index contributed by atoms with van der Waals surface area (Å²) in [5, 5.41) is 4.97. The minimum absolute atomic E-state index is 0.0322. The molecule has 0 spiro atoms. The zero-order valence-corrected chi connectivity index (χ0v) is 15.7. The Morgan fingerprint density at radius 2 is 1.50 bits per heavy atom. The first-order valence-electron chi connectivity index (χ1n) is 8.48. The third-order valence-electron chi connectivity index (χ3n) is 3.79. The van der Waals surface area contributed by atoms with Crippen LogP contribution >= 0.6 is 0 Å². The summed E-state index contributed by atoms with van der Waals surface area (Å²) >= 11 is 0. The summed E-state index contributed by atoms with van der Waals surface area (Å²) in [6.45, 7) is 5.91. The van der Waals surface area contributed by atoms with Gasteiger partial charge in [0.15, 0.2) is 0 Å². The Morgan fingerprint density at radius 1 is 0.929 bits per heavy atom. The average molecular weight is 394 g/mol. The second kappa shape index (κ2) is 8.33. The molecule has 2 aromatic rings. The van der Waals surface area contributed by atoms with Crippen molar-refractivity contribution in [3.05, 3.63) is 59.7 Å². The van der Waals surface area contributed by atoms with E-state index in [2.05, 4.69) is 36.1 Å². The fourth-order valence-corrected chi connectivity index (χ4v) is 2.33. The fraction of sp³-hybridized carbons (Fsp3) is 0.300. The number of halogens is 3. The van der Waals surface area contributed by atoms with Crippen molar-refractivity contribution in [1.82, 2.24) is 5.32 Å². The fourth-order valence-electron chi connectivity index (χ4n) is 2.33. The Labute approximate surface area is 160 Å². The number of alkyl halides is 3. The van der Waals surface area contributed by atoms with Gasteiger partial charge in [0.2, 0.25) is 5.91 Å². The molecule has 0 unspecified atom stereocenters. The van der Waals surface area contributed by atoms with Gasteiger partial charge < -0.3 is 15.4 Å². The maximum Gasteiger partial charge on any atom is 0.573 e. The smallest absolute Gasteiger partial charge is 0.406 e. The average Bonchev–Trinajstić information content (AvgIpc) is 2.59. The quantitative estimate of drug-likeness (QED) is 0.797. The number of benzene rings is 2. The number of rotatable bonds is 5. The highest BCUT2D eigenvalue weighted by atomic mass is 19.4. The van der Waals surface area contributed by atoms with E-state index < -0.39 is 23.9 Å². The van der Waals surface area contributed by atoms with E-state index in [9.17, 15) is 22.8 Å².